The van der Waals surface area contributed by atoms with Crippen LogP contribution in [0, 0.1) is 10.1 Å². The molecule has 0 aromatic heterocycles. The lowest BCUT2D eigenvalue weighted by molar-refractivity contribution is -0.384. The van der Waals surface area contributed by atoms with E-state index in [9.17, 15) is 19.7 Å². The van der Waals surface area contributed by atoms with Gasteiger partial charge in [0.1, 0.15) is 11.5 Å². The molecule has 0 heterocycles. The molecule has 8 heteroatoms. The van der Waals surface area contributed by atoms with Gasteiger partial charge >= 0.3 is 0 Å². The fourth-order valence-electron chi connectivity index (χ4n) is 2.18. The highest BCUT2D eigenvalue weighted by atomic mass is 16.6. The minimum Gasteiger partial charge on any atom is -0.492 e. The number of non-ortho nitro benzene ring substituents is 1. The molecule has 26 heavy (non-hydrogen) atoms. The van der Waals surface area contributed by atoms with Gasteiger partial charge in [0.2, 0.25) is 0 Å². The van der Waals surface area contributed by atoms with E-state index in [0.29, 0.717) is 24.3 Å². The first-order valence-electron chi connectivity index (χ1n) is 7.89. The summed E-state index contributed by atoms with van der Waals surface area (Å²) in [4.78, 5) is 33.7. The Morgan fingerprint density at radius 2 is 2.00 bits per heavy atom. The number of ether oxygens (including phenoxy) is 2. The Bertz CT molecular complexity index is 821. The first-order chi connectivity index (χ1) is 12.5. The van der Waals surface area contributed by atoms with Crippen LogP contribution in [0.3, 0.4) is 0 Å². The number of para-hydroxylation sites is 2. The number of carbonyl (C=O) groups excluding carboxylic acids is 2. The molecule has 1 N–H and O–H groups in total. The highest BCUT2D eigenvalue weighted by Crippen LogP contribution is 2.26. The zero-order chi connectivity index (χ0) is 19.1. The normalized spacial score (nSPS) is 11.3. The number of amides is 1. The smallest absolute Gasteiger partial charge is 0.270 e. The molecule has 0 aliphatic carbocycles. The van der Waals surface area contributed by atoms with Crippen molar-refractivity contribution in [2.75, 3.05) is 11.9 Å². The molecule has 0 saturated heterocycles. The lowest BCUT2D eigenvalue weighted by atomic mass is 10.2. The van der Waals surface area contributed by atoms with Gasteiger partial charge in [0.15, 0.2) is 12.4 Å². The van der Waals surface area contributed by atoms with Crippen LogP contribution in [0.2, 0.25) is 0 Å². The van der Waals surface area contributed by atoms with Crippen molar-refractivity contribution >= 4 is 23.6 Å². The molecule has 0 fully saturated rings. The monoisotopic (exact) mass is 358 g/mol. The van der Waals surface area contributed by atoms with Crippen LogP contribution >= 0.6 is 0 Å². The second kappa shape index (κ2) is 8.61. The summed E-state index contributed by atoms with van der Waals surface area (Å²) in [5.74, 6) is 0.165. The molecule has 136 valence electrons. The van der Waals surface area contributed by atoms with Gasteiger partial charge in [-0.15, -0.1) is 0 Å². The maximum absolute atomic E-state index is 12.4. The minimum absolute atomic E-state index is 0.00596. The minimum atomic E-state index is -0.940. The van der Waals surface area contributed by atoms with E-state index in [1.165, 1.54) is 19.1 Å². The van der Waals surface area contributed by atoms with E-state index in [1.807, 2.05) is 6.92 Å². The Morgan fingerprint density at radius 3 is 2.65 bits per heavy atom. The third kappa shape index (κ3) is 4.56. The molecule has 0 unspecified atom stereocenters. The summed E-state index contributed by atoms with van der Waals surface area (Å²) in [6.07, 6.45) is -0.498. The standard InChI is InChI=1S/C18H18N2O6/c1-3-25-17-7-5-4-6-15(17)19-18(22)12(2)26-16-9-8-14(20(23)24)10-13(16)11-21/h4-12H,3H2,1-2H3,(H,19,22)/t12-/m0/s1. The van der Waals surface area contributed by atoms with Crippen LogP contribution in [-0.4, -0.2) is 29.8 Å². The van der Waals surface area contributed by atoms with E-state index in [0.717, 1.165) is 6.07 Å². The van der Waals surface area contributed by atoms with Gasteiger partial charge in [-0.2, -0.15) is 0 Å². The van der Waals surface area contributed by atoms with Crippen LogP contribution in [0.5, 0.6) is 11.5 Å². The highest BCUT2D eigenvalue weighted by Gasteiger charge is 2.19. The van der Waals surface area contributed by atoms with Crippen molar-refractivity contribution < 1.29 is 24.0 Å². The van der Waals surface area contributed by atoms with E-state index in [1.54, 1.807) is 24.3 Å². The van der Waals surface area contributed by atoms with Gasteiger partial charge in [-0.1, -0.05) is 12.1 Å². The Hall–Kier alpha value is -3.42. The van der Waals surface area contributed by atoms with Crippen LogP contribution < -0.4 is 14.8 Å². The average Bonchev–Trinajstić information content (AvgIpc) is 2.63. The third-order valence-electron chi connectivity index (χ3n) is 3.45. The van der Waals surface area contributed by atoms with E-state index < -0.39 is 16.9 Å². The molecule has 2 aromatic carbocycles. The number of benzene rings is 2. The van der Waals surface area contributed by atoms with Crippen molar-refractivity contribution in [3.05, 3.63) is 58.1 Å². The van der Waals surface area contributed by atoms with Gasteiger partial charge in [-0.25, -0.2) is 0 Å². The maximum atomic E-state index is 12.4. The molecule has 0 bridgehead atoms. The number of hydrogen-bond acceptors (Lipinski definition) is 6. The summed E-state index contributed by atoms with van der Waals surface area (Å²) < 4.78 is 10.9. The van der Waals surface area contributed by atoms with Gasteiger partial charge in [0.05, 0.1) is 22.8 Å². The van der Waals surface area contributed by atoms with Crippen molar-refractivity contribution in [3.63, 3.8) is 0 Å². The fraction of sp³-hybridized carbons (Fsp3) is 0.222. The lowest BCUT2D eigenvalue weighted by Crippen LogP contribution is -2.30. The van der Waals surface area contributed by atoms with Crippen molar-refractivity contribution in [3.8, 4) is 11.5 Å². The zero-order valence-electron chi connectivity index (χ0n) is 14.3. The van der Waals surface area contributed by atoms with Gasteiger partial charge in [0.25, 0.3) is 11.6 Å². The second-order valence-electron chi connectivity index (χ2n) is 5.28. The van der Waals surface area contributed by atoms with Crippen molar-refractivity contribution in [2.45, 2.75) is 20.0 Å². The first-order valence-corrected chi connectivity index (χ1v) is 7.89. The largest absolute Gasteiger partial charge is 0.492 e. The molecule has 2 rings (SSSR count). The molecule has 1 atom stereocenters. The van der Waals surface area contributed by atoms with Gasteiger partial charge in [0, 0.05) is 12.1 Å². The number of anilines is 1. The highest BCUT2D eigenvalue weighted by molar-refractivity contribution is 5.95. The summed E-state index contributed by atoms with van der Waals surface area (Å²) >= 11 is 0. The van der Waals surface area contributed by atoms with Crippen LogP contribution in [0.25, 0.3) is 0 Å². The summed E-state index contributed by atoms with van der Waals surface area (Å²) in [5.41, 5.74) is 0.255. The third-order valence-corrected chi connectivity index (χ3v) is 3.45. The Labute approximate surface area is 149 Å². The van der Waals surface area contributed by atoms with Crippen LogP contribution in [0.1, 0.15) is 24.2 Å². The number of aldehydes is 1. The molecule has 2 aromatic rings. The zero-order valence-corrected chi connectivity index (χ0v) is 14.3. The maximum Gasteiger partial charge on any atom is 0.270 e. The molecule has 0 spiro atoms. The van der Waals surface area contributed by atoms with Crippen molar-refractivity contribution in [2.24, 2.45) is 0 Å². The summed E-state index contributed by atoms with van der Waals surface area (Å²) in [5, 5.41) is 13.5. The predicted molar refractivity (Wildman–Crippen MR) is 94.8 cm³/mol. The Kier molecular flexibility index (Phi) is 6.26. The number of nitro groups is 1. The Morgan fingerprint density at radius 1 is 1.27 bits per heavy atom. The number of nitrogens with zero attached hydrogens (tertiary/aromatic N) is 1. The van der Waals surface area contributed by atoms with Crippen LogP contribution in [0.4, 0.5) is 11.4 Å². The number of nitrogens with one attached hydrogen (secondary N) is 1. The Balaban J connectivity index is 2.12. The molecule has 0 radical (unpaired) electrons. The number of carbonyl (C=O) groups is 2. The molecule has 8 nitrogen and oxygen atoms in total. The summed E-state index contributed by atoms with van der Waals surface area (Å²) in [6, 6.07) is 10.6. The fourth-order valence-corrected chi connectivity index (χ4v) is 2.18. The second-order valence-corrected chi connectivity index (χ2v) is 5.28. The lowest BCUT2D eigenvalue weighted by Gasteiger charge is -2.17. The number of hydrogen-bond donors (Lipinski definition) is 1. The van der Waals surface area contributed by atoms with Crippen LogP contribution in [-0.2, 0) is 4.79 Å². The molecule has 0 aliphatic heterocycles. The van der Waals surface area contributed by atoms with E-state index >= 15 is 0 Å². The van der Waals surface area contributed by atoms with E-state index in [-0.39, 0.29) is 17.0 Å². The molecule has 0 saturated carbocycles. The average molecular weight is 358 g/mol. The molecule has 0 aliphatic rings. The SMILES string of the molecule is CCOc1ccccc1NC(=O)[C@H](C)Oc1ccc([N+](=O)[O-])cc1C=O. The van der Waals surface area contributed by atoms with E-state index in [2.05, 4.69) is 5.32 Å². The predicted octanol–water partition coefficient (Wildman–Crippen LogP) is 3.21. The first kappa shape index (κ1) is 18.9. The number of nitro benzene ring substituents is 1. The van der Waals surface area contributed by atoms with Gasteiger partial charge in [-0.05, 0) is 32.0 Å². The summed E-state index contributed by atoms with van der Waals surface area (Å²) in [7, 11) is 0. The van der Waals surface area contributed by atoms with Gasteiger partial charge in [-0.3, -0.25) is 19.7 Å². The number of rotatable bonds is 8. The van der Waals surface area contributed by atoms with Crippen molar-refractivity contribution in [1.29, 1.82) is 0 Å². The quantitative estimate of drug-likeness (QED) is 0.441. The van der Waals surface area contributed by atoms with Gasteiger partial charge < -0.3 is 14.8 Å². The van der Waals surface area contributed by atoms with E-state index in [4.69, 9.17) is 9.47 Å². The summed E-state index contributed by atoms with van der Waals surface area (Å²) in [6.45, 7) is 3.79. The van der Waals surface area contributed by atoms with Crippen LogP contribution in [0.15, 0.2) is 42.5 Å². The molecule has 1 amide bonds. The topological polar surface area (TPSA) is 108 Å². The molecular weight excluding hydrogens is 340 g/mol. The molecular formula is C18H18N2O6. The van der Waals surface area contributed by atoms with Crippen molar-refractivity contribution in [1.82, 2.24) is 0 Å².